The standard InChI is InChI=1S/C25H21Cl2NO4/c26-20-10-9-14(11-21(20)27)24(22(28)12-23(29)30)25(31)32-13-19-17-7-3-1-5-15(17)16-6-2-4-8-18(16)19/h1-11,19,22,24H,12-13,28H2,(H,29,30)/t22-,24?/m1/s1. The van der Waals surface area contributed by atoms with Gasteiger partial charge in [0.15, 0.2) is 0 Å². The molecule has 1 unspecified atom stereocenters. The second-order valence-corrected chi connectivity index (χ2v) is 8.58. The number of ether oxygens (including phenoxy) is 1. The average Bonchev–Trinajstić information content (AvgIpc) is 3.08. The molecule has 0 saturated carbocycles. The fourth-order valence-electron chi connectivity index (χ4n) is 4.28. The third-order valence-corrected chi connectivity index (χ3v) is 6.49. The number of rotatable bonds is 7. The molecule has 0 saturated heterocycles. The third-order valence-electron chi connectivity index (χ3n) is 5.75. The zero-order valence-electron chi connectivity index (χ0n) is 17.0. The maximum Gasteiger partial charge on any atom is 0.315 e. The lowest BCUT2D eigenvalue weighted by Crippen LogP contribution is -2.37. The zero-order valence-corrected chi connectivity index (χ0v) is 18.5. The van der Waals surface area contributed by atoms with E-state index in [4.69, 9.17) is 33.7 Å². The lowest BCUT2D eigenvalue weighted by atomic mass is 9.90. The van der Waals surface area contributed by atoms with Crippen LogP contribution in [-0.2, 0) is 14.3 Å². The number of carbonyl (C=O) groups excluding carboxylic acids is 1. The molecule has 164 valence electrons. The van der Waals surface area contributed by atoms with Gasteiger partial charge >= 0.3 is 11.9 Å². The van der Waals surface area contributed by atoms with Gasteiger partial charge in [0.25, 0.3) is 0 Å². The Balaban J connectivity index is 1.60. The van der Waals surface area contributed by atoms with Crippen molar-refractivity contribution < 1.29 is 19.4 Å². The van der Waals surface area contributed by atoms with Gasteiger partial charge in [-0.2, -0.15) is 0 Å². The lowest BCUT2D eigenvalue weighted by Gasteiger charge is -2.23. The minimum Gasteiger partial charge on any atom is -0.481 e. The summed E-state index contributed by atoms with van der Waals surface area (Å²) in [5.41, 5.74) is 11.0. The van der Waals surface area contributed by atoms with Crippen LogP contribution in [0.1, 0.15) is 34.9 Å². The highest BCUT2D eigenvalue weighted by atomic mass is 35.5. The second kappa shape index (κ2) is 9.33. The van der Waals surface area contributed by atoms with Crippen LogP contribution in [-0.4, -0.2) is 29.7 Å². The number of esters is 1. The highest BCUT2D eigenvalue weighted by Gasteiger charge is 2.34. The monoisotopic (exact) mass is 469 g/mol. The number of hydrogen-bond acceptors (Lipinski definition) is 4. The predicted octanol–water partition coefficient (Wildman–Crippen LogP) is 5.23. The van der Waals surface area contributed by atoms with Gasteiger partial charge in [-0.05, 0) is 39.9 Å². The number of halogens is 2. The van der Waals surface area contributed by atoms with Gasteiger partial charge < -0.3 is 15.6 Å². The van der Waals surface area contributed by atoms with E-state index in [0.29, 0.717) is 10.6 Å². The first-order valence-electron chi connectivity index (χ1n) is 10.1. The molecule has 32 heavy (non-hydrogen) atoms. The summed E-state index contributed by atoms with van der Waals surface area (Å²) < 4.78 is 5.74. The maximum atomic E-state index is 13.2. The normalized spacial score (nSPS) is 14.3. The maximum absolute atomic E-state index is 13.2. The van der Waals surface area contributed by atoms with E-state index in [1.54, 1.807) is 12.1 Å². The number of carbonyl (C=O) groups is 2. The summed E-state index contributed by atoms with van der Waals surface area (Å²) in [6.07, 6.45) is -0.394. The molecule has 3 aromatic rings. The number of hydrogen-bond donors (Lipinski definition) is 2. The minimum atomic E-state index is -1.10. The van der Waals surface area contributed by atoms with E-state index in [-0.39, 0.29) is 17.5 Å². The average molecular weight is 470 g/mol. The summed E-state index contributed by atoms with van der Waals surface area (Å²) >= 11 is 12.1. The van der Waals surface area contributed by atoms with Crippen LogP contribution in [0.5, 0.6) is 0 Å². The molecule has 0 spiro atoms. The van der Waals surface area contributed by atoms with E-state index < -0.39 is 30.3 Å². The van der Waals surface area contributed by atoms with Crippen LogP contribution in [0.4, 0.5) is 0 Å². The fraction of sp³-hybridized carbons (Fsp3) is 0.200. The topological polar surface area (TPSA) is 89.6 Å². The predicted molar refractivity (Wildman–Crippen MR) is 124 cm³/mol. The van der Waals surface area contributed by atoms with Crippen LogP contribution in [0, 0.1) is 0 Å². The Morgan fingerprint density at radius 2 is 1.53 bits per heavy atom. The van der Waals surface area contributed by atoms with Gasteiger partial charge in [-0.3, -0.25) is 9.59 Å². The molecule has 5 nitrogen and oxygen atoms in total. The molecule has 0 heterocycles. The second-order valence-electron chi connectivity index (χ2n) is 7.77. The zero-order chi connectivity index (χ0) is 22.8. The van der Waals surface area contributed by atoms with Gasteiger partial charge in [-0.1, -0.05) is 77.8 Å². The van der Waals surface area contributed by atoms with Gasteiger partial charge in [0.05, 0.1) is 22.4 Å². The van der Waals surface area contributed by atoms with Crippen LogP contribution >= 0.6 is 23.2 Å². The number of carboxylic acid groups (broad SMARTS) is 1. The van der Waals surface area contributed by atoms with Crippen LogP contribution in [0.2, 0.25) is 10.0 Å². The summed E-state index contributed by atoms with van der Waals surface area (Å²) in [7, 11) is 0. The van der Waals surface area contributed by atoms with Crippen molar-refractivity contribution in [3.63, 3.8) is 0 Å². The van der Waals surface area contributed by atoms with E-state index in [2.05, 4.69) is 12.1 Å². The number of nitrogens with two attached hydrogens (primary N) is 1. The Bertz CT molecular complexity index is 1130. The van der Waals surface area contributed by atoms with Crippen LogP contribution in [0.15, 0.2) is 66.7 Å². The van der Waals surface area contributed by atoms with Crippen molar-refractivity contribution in [1.29, 1.82) is 0 Å². The van der Waals surface area contributed by atoms with E-state index >= 15 is 0 Å². The van der Waals surface area contributed by atoms with Crippen LogP contribution in [0.3, 0.4) is 0 Å². The first-order valence-corrected chi connectivity index (χ1v) is 10.9. The fourth-order valence-corrected chi connectivity index (χ4v) is 4.58. The van der Waals surface area contributed by atoms with Crippen molar-refractivity contribution in [1.82, 2.24) is 0 Å². The Morgan fingerprint density at radius 3 is 2.09 bits per heavy atom. The molecule has 0 bridgehead atoms. The first-order chi connectivity index (χ1) is 15.4. The number of fused-ring (bicyclic) bond motifs is 3. The molecule has 4 rings (SSSR count). The Morgan fingerprint density at radius 1 is 0.938 bits per heavy atom. The molecule has 3 aromatic carbocycles. The van der Waals surface area contributed by atoms with Crippen LogP contribution in [0.25, 0.3) is 11.1 Å². The van der Waals surface area contributed by atoms with E-state index in [0.717, 1.165) is 22.3 Å². The summed E-state index contributed by atoms with van der Waals surface area (Å²) in [6, 6.07) is 19.7. The molecular weight excluding hydrogens is 449 g/mol. The van der Waals surface area contributed by atoms with E-state index in [1.807, 2.05) is 36.4 Å². The van der Waals surface area contributed by atoms with Gasteiger partial charge in [-0.15, -0.1) is 0 Å². The van der Waals surface area contributed by atoms with E-state index in [1.165, 1.54) is 6.07 Å². The van der Waals surface area contributed by atoms with Crippen molar-refractivity contribution in [3.05, 3.63) is 93.5 Å². The van der Waals surface area contributed by atoms with Gasteiger partial charge in [-0.25, -0.2) is 0 Å². The highest BCUT2D eigenvalue weighted by Crippen LogP contribution is 2.44. The Kier molecular flexibility index (Phi) is 6.51. The molecule has 2 atom stereocenters. The molecule has 0 aromatic heterocycles. The largest absolute Gasteiger partial charge is 0.481 e. The lowest BCUT2D eigenvalue weighted by molar-refractivity contribution is -0.146. The summed E-state index contributed by atoms with van der Waals surface area (Å²) in [5.74, 6) is -2.81. The molecule has 7 heteroatoms. The molecule has 0 amide bonds. The molecule has 0 radical (unpaired) electrons. The molecule has 3 N–H and O–H groups in total. The van der Waals surface area contributed by atoms with Crippen molar-refractivity contribution >= 4 is 35.1 Å². The smallest absolute Gasteiger partial charge is 0.315 e. The van der Waals surface area contributed by atoms with Crippen molar-refractivity contribution in [2.45, 2.75) is 24.3 Å². The van der Waals surface area contributed by atoms with Crippen molar-refractivity contribution in [3.8, 4) is 11.1 Å². The molecular formula is C25H21Cl2NO4. The van der Waals surface area contributed by atoms with Crippen molar-refractivity contribution in [2.75, 3.05) is 6.61 Å². The van der Waals surface area contributed by atoms with E-state index in [9.17, 15) is 14.7 Å². The molecule has 0 fully saturated rings. The van der Waals surface area contributed by atoms with Gasteiger partial charge in [0.1, 0.15) is 6.61 Å². The molecule has 1 aliphatic carbocycles. The Labute approximate surface area is 195 Å². The molecule has 0 aliphatic heterocycles. The summed E-state index contributed by atoms with van der Waals surface area (Å²) in [4.78, 5) is 24.4. The molecule has 1 aliphatic rings. The Hall–Kier alpha value is -2.86. The quantitative estimate of drug-likeness (QED) is 0.462. The highest BCUT2D eigenvalue weighted by molar-refractivity contribution is 6.42. The van der Waals surface area contributed by atoms with Gasteiger partial charge in [0.2, 0.25) is 0 Å². The van der Waals surface area contributed by atoms with Crippen LogP contribution < -0.4 is 5.73 Å². The van der Waals surface area contributed by atoms with Gasteiger partial charge in [0, 0.05) is 12.0 Å². The number of aliphatic carboxylic acids is 1. The number of benzene rings is 3. The van der Waals surface area contributed by atoms with Crippen molar-refractivity contribution in [2.24, 2.45) is 5.73 Å². The summed E-state index contributed by atoms with van der Waals surface area (Å²) in [6.45, 7) is 0.116. The SMILES string of the molecule is N[C@H](CC(=O)O)C(C(=O)OCC1c2ccccc2-c2ccccc21)c1ccc(Cl)c(Cl)c1. The third kappa shape index (κ3) is 4.37. The minimum absolute atomic E-state index is 0.114. The summed E-state index contributed by atoms with van der Waals surface area (Å²) in [5, 5.41) is 9.78. The first kappa shape index (κ1) is 22.3. The number of carboxylic acids is 1.